The van der Waals surface area contributed by atoms with E-state index in [9.17, 15) is 0 Å². The van der Waals surface area contributed by atoms with Crippen molar-refractivity contribution in [3.8, 4) is 0 Å². The number of fused-ring (bicyclic) bond motifs is 1. The Morgan fingerprint density at radius 1 is 1.04 bits per heavy atom. The summed E-state index contributed by atoms with van der Waals surface area (Å²) in [6, 6.07) is 8.06. The van der Waals surface area contributed by atoms with E-state index in [1.807, 2.05) is 12.1 Å². The Bertz CT molecular complexity index is 708. The third kappa shape index (κ3) is 4.12. The van der Waals surface area contributed by atoms with Gasteiger partial charge in [-0.15, -0.1) is 6.58 Å². The molecule has 1 aliphatic heterocycles. The fraction of sp³-hybridized carbons (Fsp3) is 0.333. The Hall–Kier alpha value is -1.93. The molecule has 3 heteroatoms. The van der Waals surface area contributed by atoms with E-state index in [1.165, 1.54) is 40.3 Å². The van der Waals surface area contributed by atoms with Crippen molar-refractivity contribution in [1.29, 1.82) is 0 Å². The minimum atomic E-state index is 0.767. The van der Waals surface area contributed by atoms with Crippen molar-refractivity contribution in [1.82, 2.24) is 10.6 Å². The van der Waals surface area contributed by atoms with E-state index in [4.69, 9.17) is 11.6 Å². The Balaban J connectivity index is 1.84. The van der Waals surface area contributed by atoms with Crippen LogP contribution >= 0.6 is 11.6 Å². The monoisotopic (exact) mass is 340 g/mol. The molecule has 2 aliphatic rings. The molecule has 0 bridgehead atoms. The number of allylic oxidation sites excluding steroid dienone is 4. The van der Waals surface area contributed by atoms with Gasteiger partial charge in [-0.05, 0) is 63.1 Å². The minimum Gasteiger partial charge on any atom is -0.356 e. The van der Waals surface area contributed by atoms with Gasteiger partial charge >= 0.3 is 0 Å². The predicted molar refractivity (Wildman–Crippen MR) is 103 cm³/mol. The summed E-state index contributed by atoms with van der Waals surface area (Å²) < 4.78 is 0. The lowest BCUT2D eigenvalue weighted by atomic mass is 9.99. The molecule has 0 spiro atoms. The molecule has 2 nitrogen and oxygen atoms in total. The number of unbranched alkanes of at least 4 members (excludes halogenated alkanes) is 1. The molecule has 1 heterocycles. The Labute approximate surface area is 150 Å². The molecule has 0 unspecified atom stereocenters. The molecule has 24 heavy (non-hydrogen) atoms. The largest absolute Gasteiger partial charge is 0.356 e. The van der Waals surface area contributed by atoms with Crippen molar-refractivity contribution in [2.24, 2.45) is 0 Å². The number of benzene rings is 1. The fourth-order valence-corrected chi connectivity index (χ4v) is 3.25. The van der Waals surface area contributed by atoms with Crippen molar-refractivity contribution >= 4 is 17.3 Å². The zero-order valence-electron chi connectivity index (χ0n) is 14.3. The maximum absolute atomic E-state index is 6.05. The van der Waals surface area contributed by atoms with Crippen LogP contribution in [0.2, 0.25) is 5.02 Å². The summed E-state index contributed by atoms with van der Waals surface area (Å²) in [4.78, 5) is 0. The molecule has 1 aromatic carbocycles. The van der Waals surface area contributed by atoms with E-state index in [0.717, 1.165) is 37.1 Å². The van der Waals surface area contributed by atoms with E-state index in [-0.39, 0.29) is 0 Å². The van der Waals surface area contributed by atoms with Gasteiger partial charge in [0.2, 0.25) is 0 Å². The topological polar surface area (TPSA) is 24.1 Å². The van der Waals surface area contributed by atoms with E-state index in [2.05, 4.69) is 48.4 Å². The van der Waals surface area contributed by atoms with Gasteiger partial charge in [-0.25, -0.2) is 0 Å². The highest BCUT2D eigenvalue weighted by molar-refractivity contribution is 6.30. The van der Waals surface area contributed by atoms with Crippen LogP contribution in [0.15, 0.2) is 65.7 Å². The molecule has 0 saturated heterocycles. The molecular weight excluding hydrogens is 316 g/mol. The SMILES string of the molecule is C=C(C)CCCCC1=C(c2ccc(Cl)cc2)NC2=CCCC=C2N1. The Morgan fingerprint density at radius 3 is 2.38 bits per heavy atom. The Morgan fingerprint density at radius 2 is 1.71 bits per heavy atom. The predicted octanol–water partition coefficient (Wildman–Crippen LogP) is 5.90. The second-order valence-electron chi connectivity index (χ2n) is 6.59. The smallest absolute Gasteiger partial charge is 0.0654 e. The summed E-state index contributed by atoms with van der Waals surface area (Å²) in [6.07, 6.45) is 11.2. The van der Waals surface area contributed by atoms with Crippen molar-refractivity contribution in [3.05, 3.63) is 76.2 Å². The third-order valence-corrected chi connectivity index (χ3v) is 4.67. The molecule has 3 rings (SSSR count). The summed E-state index contributed by atoms with van der Waals surface area (Å²) in [5.41, 5.74) is 7.28. The highest BCUT2D eigenvalue weighted by Gasteiger charge is 2.21. The second-order valence-corrected chi connectivity index (χ2v) is 7.02. The van der Waals surface area contributed by atoms with Crippen LogP contribution in [0.1, 0.15) is 51.0 Å². The average molecular weight is 341 g/mol. The molecule has 1 aliphatic carbocycles. The number of halogens is 1. The van der Waals surface area contributed by atoms with Crippen LogP contribution in [-0.4, -0.2) is 0 Å². The summed E-state index contributed by atoms with van der Waals surface area (Å²) in [6.45, 7) is 6.10. The lowest BCUT2D eigenvalue weighted by Gasteiger charge is -2.30. The highest BCUT2D eigenvalue weighted by Crippen LogP contribution is 2.30. The zero-order valence-corrected chi connectivity index (χ0v) is 15.0. The first-order valence-corrected chi connectivity index (χ1v) is 9.09. The molecule has 0 amide bonds. The van der Waals surface area contributed by atoms with Crippen molar-refractivity contribution in [2.45, 2.75) is 45.4 Å². The summed E-state index contributed by atoms with van der Waals surface area (Å²) in [5.74, 6) is 0. The van der Waals surface area contributed by atoms with Crippen LogP contribution in [0.25, 0.3) is 5.70 Å². The molecule has 0 fully saturated rings. The number of hydrogen-bond donors (Lipinski definition) is 2. The minimum absolute atomic E-state index is 0.767. The van der Waals surface area contributed by atoms with Crippen LogP contribution in [-0.2, 0) is 0 Å². The van der Waals surface area contributed by atoms with Crippen LogP contribution < -0.4 is 10.6 Å². The number of hydrogen-bond acceptors (Lipinski definition) is 2. The molecule has 0 atom stereocenters. The zero-order chi connectivity index (χ0) is 16.9. The van der Waals surface area contributed by atoms with Gasteiger partial charge in [-0.1, -0.05) is 41.5 Å². The lowest BCUT2D eigenvalue weighted by Crippen LogP contribution is -2.32. The van der Waals surface area contributed by atoms with Gasteiger partial charge in [0.05, 0.1) is 17.1 Å². The lowest BCUT2D eigenvalue weighted by molar-refractivity contribution is 0.685. The van der Waals surface area contributed by atoms with Crippen molar-refractivity contribution in [2.75, 3.05) is 0 Å². The van der Waals surface area contributed by atoms with Gasteiger partial charge in [-0.3, -0.25) is 0 Å². The van der Waals surface area contributed by atoms with Gasteiger partial charge in [0.15, 0.2) is 0 Å². The molecule has 0 radical (unpaired) electrons. The molecular formula is C21H25ClN2. The molecule has 2 N–H and O–H groups in total. The van der Waals surface area contributed by atoms with E-state index >= 15 is 0 Å². The van der Waals surface area contributed by atoms with E-state index < -0.39 is 0 Å². The second kappa shape index (κ2) is 7.76. The maximum Gasteiger partial charge on any atom is 0.0654 e. The standard InChI is InChI=1S/C21H25ClN2/c1-15(2)7-3-4-10-20-21(16-11-13-17(22)14-12-16)24-19-9-6-5-8-18(19)23-20/h8-9,11-14,23-24H,1,3-7,10H2,2H3. The molecule has 0 aromatic heterocycles. The van der Waals surface area contributed by atoms with Gasteiger partial charge in [0.1, 0.15) is 0 Å². The quantitative estimate of drug-likeness (QED) is 0.497. The Kier molecular flexibility index (Phi) is 5.47. The summed E-state index contributed by atoms with van der Waals surface area (Å²) >= 11 is 6.05. The first-order valence-electron chi connectivity index (χ1n) is 8.71. The van der Waals surface area contributed by atoms with Crippen LogP contribution in [0, 0.1) is 0 Å². The van der Waals surface area contributed by atoms with Gasteiger partial charge in [-0.2, -0.15) is 0 Å². The van der Waals surface area contributed by atoms with Crippen molar-refractivity contribution in [3.63, 3.8) is 0 Å². The first-order chi connectivity index (χ1) is 11.6. The normalized spacial score (nSPS) is 16.6. The van der Waals surface area contributed by atoms with E-state index in [1.54, 1.807) is 0 Å². The average Bonchev–Trinajstić information content (AvgIpc) is 2.58. The maximum atomic E-state index is 6.05. The van der Waals surface area contributed by atoms with Gasteiger partial charge < -0.3 is 10.6 Å². The third-order valence-electron chi connectivity index (χ3n) is 4.41. The molecule has 126 valence electrons. The van der Waals surface area contributed by atoms with E-state index in [0.29, 0.717) is 0 Å². The van der Waals surface area contributed by atoms with Crippen LogP contribution in [0.5, 0.6) is 0 Å². The summed E-state index contributed by atoms with van der Waals surface area (Å²) in [5, 5.41) is 8.07. The van der Waals surface area contributed by atoms with Gasteiger partial charge in [0.25, 0.3) is 0 Å². The molecule has 1 aromatic rings. The number of nitrogens with one attached hydrogen (secondary N) is 2. The fourth-order valence-electron chi connectivity index (χ4n) is 3.13. The number of rotatable bonds is 6. The van der Waals surface area contributed by atoms with Crippen LogP contribution in [0.3, 0.4) is 0 Å². The highest BCUT2D eigenvalue weighted by atomic mass is 35.5. The van der Waals surface area contributed by atoms with Crippen LogP contribution in [0.4, 0.5) is 0 Å². The van der Waals surface area contributed by atoms with Gasteiger partial charge in [0, 0.05) is 10.7 Å². The molecule has 0 saturated carbocycles. The first kappa shape index (κ1) is 16.9. The summed E-state index contributed by atoms with van der Waals surface area (Å²) in [7, 11) is 0. The van der Waals surface area contributed by atoms with Crippen molar-refractivity contribution < 1.29 is 0 Å².